The first-order valence-corrected chi connectivity index (χ1v) is 18.6. The highest BCUT2D eigenvalue weighted by Crippen LogP contribution is 2.53. The van der Waals surface area contributed by atoms with Gasteiger partial charge in [0.1, 0.15) is 16.7 Å². The second kappa shape index (κ2) is 11.6. The van der Waals surface area contributed by atoms with Crippen molar-refractivity contribution in [3.8, 4) is 33.4 Å². The van der Waals surface area contributed by atoms with Gasteiger partial charge in [0.05, 0.1) is 11.4 Å². The zero-order valence-electron chi connectivity index (χ0n) is 30.0. The summed E-state index contributed by atoms with van der Waals surface area (Å²) >= 11 is 0. The molecule has 0 fully saturated rings. The van der Waals surface area contributed by atoms with Crippen LogP contribution in [0.1, 0.15) is 25.0 Å². The smallest absolute Gasteiger partial charge is 0.160 e. The van der Waals surface area contributed by atoms with E-state index < -0.39 is 0 Å². The van der Waals surface area contributed by atoms with Gasteiger partial charge in [0.25, 0.3) is 0 Å². The van der Waals surface area contributed by atoms with Crippen LogP contribution in [0.15, 0.2) is 185 Å². The van der Waals surface area contributed by atoms with E-state index in [1.807, 2.05) is 18.2 Å². The molecule has 0 amide bonds. The first-order chi connectivity index (χ1) is 26.6. The number of anilines is 3. The molecule has 11 rings (SSSR count). The van der Waals surface area contributed by atoms with Crippen LogP contribution in [-0.4, -0.2) is 0 Å². The lowest BCUT2D eigenvalue weighted by Crippen LogP contribution is -2.17. The van der Waals surface area contributed by atoms with E-state index in [1.54, 1.807) is 0 Å². The Kier molecular flexibility index (Phi) is 6.60. The van der Waals surface area contributed by atoms with E-state index in [-0.39, 0.29) is 5.41 Å². The van der Waals surface area contributed by atoms with Crippen LogP contribution in [0.5, 0.6) is 0 Å². The van der Waals surface area contributed by atoms with Crippen LogP contribution >= 0.6 is 0 Å². The predicted molar refractivity (Wildman–Crippen MR) is 224 cm³/mol. The first-order valence-electron chi connectivity index (χ1n) is 18.6. The Hall–Kier alpha value is -6.84. The van der Waals surface area contributed by atoms with Gasteiger partial charge in [0.2, 0.25) is 0 Å². The molecule has 3 nitrogen and oxygen atoms in total. The SMILES string of the molecule is CC1(C)c2ccccc2-c2ccc(N(c3ccccc3-c3ccccc3)c3ccc(-c4ccccc4)c4c3oc3ccc5oc6ccccc6c5c34)cc21. The average molecular weight is 694 g/mol. The fraction of sp³-hybridized carbons (Fsp3) is 0.0588. The van der Waals surface area contributed by atoms with Gasteiger partial charge >= 0.3 is 0 Å². The molecule has 0 radical (unpaired) electrons. The van der Waals surface area contributed by atoms with Gasteiger partial charge in [-0.25, -0.2) is 0 Å². The molecule has 2 heterocycles. The van der Waals surface area contributed by atoms with E-state index >= 15 is 0 Å². The third kappa shape index (κ3) is 4.42. The monoisotopic (exact) mass is 693 g/mol. The zero-order chi connectivity index (χ0) is 36.0. The van der Waals surface area contributed by atoms with Crippen LogP contribution in [0, 0.1) is 0 Å². The maximum Gasteiger partial charge on any atom is 0.160 e. The largest absolute Gasteiger partial charge is 0.456 e. The van der Waals surface area contributed by atoms with Crippen molar-refractivity contribution in [1.29, 1.82) is 0 Å². The number of para-hydroxylation sites is 2. The molecule has 0 saturated carbocycles. The van der Waals surface area contributed by atoms with Crippen molar-refractivity contribution >= 4 is 60.9 Å². The molecular formula is C51H35NO2. The first kappa shape index (κ1) is 30.8. The van der Waals surface area contributed by atoms with Crippen molar-refractivity contribution in [2.75, 3.05) is 4.90 Å². The fourth-order valence-corrected chi connectivity index (χ4v) is 8.97. The maximum absolute atomic E-state index is 7.14. The van der Waals surface area contributed by atoms with Crippen molar-refractivity contribution in [2.24, 2.45) is 0 Å². The summed E-state index contributed by atoms with van der Waals surface area (Å²) in [5.74, 6) is 0. The highest BCUT2D eigenvalue weighted by molar-refractivity contribution is 6.29. The minimum Gasteiger partial charge on any atom is -0.456 e. The van der Waals surface area contributed by atoms with Gasteiger partial charge in [0.15, 0.2) is 5.58 Å². The van der Waals surface area contributed by atoms with Crippen LogP contribution in [0.4, 0.5) is 17.1 Å². The van der Waals surface area contributed by atoms with E-state index in [0.717, 1.165) is 83.2 Å². The van der Waals surface area contributed by atoms with Gasteiger partial charge in [-0.3, -0.25) is 0 Å². The summed E-state index contributed by atoms with van der Waals surface area (Å²) in [5, 5.41) is 4.29. The fourth-order valence-electron chi connectivity index (χ4n) is 8.97. The topological polar surface area (TPSA) is 29.5 Å². The number of rotatable bonds is 5. The van der Waals surface area contributed by atoms with E-state index in [9.17, 15) is 0 Å². The summed E-state index contributed by atoms with van der Waals surface area (Å²) in [6, 6.07) is 62.8. The Labute approximate surface area is 313 Å². The minimum atomic E-state index is -0.160. The normalized spacial score (nSPS) is 13.1. The molecule has 3 heteroatoms. The number of benzene rings is 8. The van der Waals surface area contributed by atoms with Gasteiger partial charge in [0, 0.05) is 38.2 Å². The summed E-state index contributed by atoms with van der Waals surface area (Å²) in [7, 11) is 0. The molecule has 54 heavy (non-hydrogen) atoms. The van der Waals surface area contributed by atoms with Gasteiger partial charge in [-0.15, -0.1) is 0 Å². The molecular weight excluding hydrogens is 659 g/mol. The van der Waals surface area contributed by atoms with Crippen LogP contribution in [0.2, 0.25) is 0 Å². The molecule has 0 saturated heterocycles. The lowest BCUT2D eigenvalue weighted by atomic mass is 9.82. The second-order valence-corrected chi connectivity index (χ2v) is 14.8. The number of nitrogens with zero attached hydrogens (tertiary/aromatic N) is 1. The molecule has 8 aromatic carbocycles. The van der Waals surface area contributed by atoms with E-state index in [4.69, 9.17) is 8.83 Å². The third-order valence-corrected chi connectivity index (χ3v) is 11.5. The van der Waals surface area contributed by atoms with Crippen molar-refractivity contribution in [3.05, 3.63) is 187 Å². The van der Waals surface area contributed by atoms with Crippen molar-refractivity contribution in [3.63, 3.8) is 0 Å². The number of hydrogen-bond donors (Lipinski definition) is 0. The van der Waals surface area contributed by atoms with Crippen molar-refractivity contribution in [2.45, 2.75) is 19.3 Å². The highest BCUT2D eigenvalue weighted by atomic mass is 16.3. The minimum absolute atomic E-state index is 0.160. The Morgan fingerprint density at radius 1 is 0.407 bits per heavy atom. The summed E-state index contributed by atoms with van der Waals surface area (Å²) in [4.78, 5) is 2.41. The molecule has 0 aliphatic heterocycles. The van der Waals surface area contributed by atoms with E-state index in [0.29, 0.717) is 0 Å². The molecule has 2 aromatic heterocycles. The van der Waals surface area contributed by atoms with Gasteiger partial charge in [-0.2, -0.15) is 0 Å². The molecule has 0 bridgehead atoms. The maximum atomic E-state index is 7.14. The second-order valence-electron chi connectivity index (χ2n) is 14.8. The Morgan fingerprint density at radius 3 is 1.81 bits per heavy atom. The summed E-state index contributed by atoms with van der Waals surface area (Å²) < 4.78 is 13.6. The van der Waals surface area contributed by atoms with Crippen LogP contribution < -0.4 is 4.90 Å². The van der Waals surface area contributed by atoms with Crippen LogP contribution in [0.3, 0.4) is 0 Å². The van der Waals surface area contributed by atoms with E-state index in [2.05, 4.69) is 176 Å². The lowest BCUT2D eigenvalue weighted by Gasteiger charge is -2.30. The summed E-state index contributed by atoms with van der Waals surface area (Å²) in [5.41, 5.74) is 16.2. The van der Waals surface area contributed by atoms with Gasteiger partial charge in [-0.1, -0.05) is 147 Å². The summed E-state index contributed by atoms with van der Waals surface area (Å²) in [6.45, 7) is 4.69. The van der Waals surface area contributed by atoms with Crippen LogP contribution in [-0.2, 0) is 5.41 Å². The number of fused-ring (bicyclic) bond motifs is 10. The molecule has 0 spiro atoms. The number of furan rings is 2. The molecule has 1 aliphatic rings. The lowest BCUT2D eigenvalue weighted by molar-refractivity contribution is 0.660. The molecule has 0 unspecified atom stereocenters. The predicted octanol–water partition coefficient (Wildman–Crippen LogP) is 14.6. The number of hydrogen-bond acceptors (Lipinski definition) is 3. The van der Waals surface area contributed by atoms with Crippen molar-refractivity contribution in [1.82, 2.24) is 0 Å². The molecule has 1 aliphatic carbocycles. The molecule has 0 N–H and O–H groups in total. The molecule has 10 aromatic rings. The Morgan fingerprint density at radius 2 is 1.02 bits per heavy atom. The quantitative estimate of drug-likeness (QED) is 0.180. The highest BCUT2D eigenvalue weighted by Gasteiger charge is 2.36. The Balaban J connectivity index is 1.26. The average Bonchev–Trinajstić information content (AvgIpc) is 3.87. The van der Waals surface area contributed by atoms with Gasteiger partial charge in [-0.05, 0) is 81.4 Å². The third-order valence-electron chi connectivity index (χ3n) is 11.5. The van der Waals surface area contributed by atoms with E-state index in [1.165, 1.54) is 22.3 Å². The molecule has 256 valence electrons. The summed E-state index contributed by atoms with van der Waals surface area (Å²) in [6.07, 6.45) is 0. The van der Waals surface area contributed by atoms with Crippen molar-refractivity contribution < 1.29 is 8.83 Å². The standard InChI is InChI=1S/C51H35NO2/c1-51(2)40-22-12-9-20-37(40)38-26-25-34(31-41(38)51)52(42-23-13-10-19-35(42)32-15-5-3-6-16-32)43-28-27-36(33-17-7-4-8-18-33)48-49-46(54-50(43)48)30-29-45-47(49)39-21-11-14-24-44(39)53-45/h3-31H,1-2H3. The Bertz CT molecular complexity index is 3080. The van der Waals surface area contributed by atoms with Crippen LogP contribution in [0.25, 0.3) is 77.3 Å². The van der Waals surface area contributed by atoms with Gasteiger partial charge < -0.3 is 13.7 Å². The zero-order valence-corrected chi connectivity index (χ0v) is 30.0. The molecule has 0 atom stereocenters.